The smallest absolute Gasteiger partial charge is 0.325 e. The fourth-order valence-electron chi connectivity index (χ4n) is 5.06. The molecule has 234 valence electrons. The molecule has 2 aromatic rings. The normalized spacial score (nSPS) is 20.6. The molecule has 11 nitrogen and oxygen atoms in total. The molecule has 4 amide bonds. The molecule has 0 spiro atoms. The van der Waals surface area contributed by atoms with Crippen LogP contribution in [0.15, 0.2) is 42.5 Å². The van der Waals surface area contributed by atoms with Crippen LogP contribution in [-0.4, -0.2) is 108 Å². The van der Waals surface area contributed by atoms with E-state index in [2.05, 4.69) is 5.32 Å². The maximum absolute atomic E-state index is 13.7. The summed E-state index contributed by atoms with van der Waals surface area (Å²) in [6, 6.07) is 10.2. The van der Waals surface area contributed by atoms with Crippen molar-refractivity contribution in [3.63, 3.8) is 0 Å². The molecular weight excluding hydrogens is 566 g/mol. The van der Waals surface area contributed by atoms with Gasteiger partial charge in [0.25, 0.3) is 5.91 Å². The van der Waals surface area contributed by atoms with E-state index in [-0.39, 0.29) is 50.4 Å². The summed E-state index contributed by atoms with van der Waals surface area (Å²) in [6.45, 7) is 4.94. The van der Waals surface area contributed by atoms with Gasteiger partial charge in [0.05, 0.1) is 13.2 Å². The summed E-state index contributed by atoms with van der Waals surface area (Å²) < 4.78 is 43.4. The second kappa shape index (κ2) is 13.7. The van der Waals surface area contributed by atoms with E-state index in [1.807, 2.05) is 29.2 Å². The third-order valence-electron chi connectivity index (χ3n) is 7.28. The Hall–Kier alpha value is -3.81. The molecule has 0 saturated carbocycles. The third kappa shape index (κ3) is 8.39. The van der Waals surface area contributed by atoms with Gasteiger partial charge in [-0.05, 0) is 50.1 Å². The summed E-state index contributed by atoms with van der Waals surface area (Å²) in [5, 5.41) is 14.2. The number of methoxy groups -OCH3 is 1. The third-order valence-corrected chi connectivity index (χ3v) is 7.28. The molecule has 0 aromatic heterocycles. The number of ether oxygens (including phenoxy) is 3. The lowest BCUT2D eigenvalue weighted by molar-refractivity contribution is -0.138. The molecule has 2 saturated heterocycles. The molecule has 4 rings (SSSR count). The van der Waals surface area contributed by atoms with Crippen molar-refractivity contribution < 1.29 is 42.5 Å². The summed E-state index contributed by atoms with van der Waals surface area (Å²) in [5.74, 6) is -1.91. The van der Waals surface area contributed by atoms with E-state index in [1.165, 1.54) is 23.0 Å². The van der Waals surface area contributed by atoms with Crippen molar-refractivity contribution in [3.05, 3.63) is 59.7 Å². The van der Waals surface area contributed by atoms with Crippen LogP contribution in [0.25, 0.3) is 0 Å². The quantitative estimate of drug-likeness (QED) is 0.280. The van der Waals surface area contributed by atoms with E-state index in [1.54, 1.807) is 13.8 Å². The van der Waals surface area contributed by atoms with Gasteiger partial charge < -0.3 is 29.5 Å². The predicted molar refractivity (Wildman–Crippen MR) is 151 cm³/mol. The minimum atomic E-state index is -1.50. The minimum absolute atomic E-state index is 0.0235. The first-order chi connectivity index (χ1) is 20.4. The lowest BCUT2D eigenvalue weighted by Crippen LogP contribution is -2.52. The number of carbonyl (C=O) groups excluding carboxylic acids is 3. The Balaban J connectivity index is 1.33. The molecule has 0 radical (unpaired) electrons. The number of halogens is 2. The maximum atomic E-state index is 13.7. The van der Waals surface area contributed by atoms with Crippen molar-refractivity contribution in [3.8, 4) is 11.5 Å². The van der Waals surface area contributed by atoms with Gasteiger partial charge in [0, 0.05) is 45.9 Å². The van der Waals surface area contributed by atoms with Crippen LogP contribution in [0.2, 0.25) is 0 Å². The first-order valence-electron chi connectivity index (χ1n) is 14.0. The van der Waals surface area contributed by atoms with Crippen LogP contribution in [0.4, 0.5) is 13.6 Å². The van der Waals surface area contributed by atoms with Gasteiger partial charge in [-0.1, -0.05) is 12.1 Å². The Morgan fingerprint density at radius 2 is 1.72 bits per heavy atom. The number of hydrogen-bond acceptors (Lipinski definition) is 8. The molecular formula is C30H38F2N4O7. The zero-order valence-corrected chi connectivity index (χ0v) is 24.6. The van der Waals surface area contributed by atoms with Gasteiger partial charge >= 0.3 is 6.03 Å². The molecule has 0 bridgehead atoms. The second-order valence-corrected chi connectivity index (χ2v) is 11.4. The van der Waals surface area contributed by atoms with E-state index in [0.717, 1.165) is 17.7 Å². The molecule has 0 unspecified atom stereocenters. The second-order valence-electron chi connectivity index (χ2n) is 11.4. The summed E-state index contributed by atoms with van der Waals surface area (Å²) in [4.78, 5) is 41.6. The zero-order valence-electron chi connectivity index (χ0n) is 24.6. The molecule has 2 N–H and O–H groups in total. The van der Waals surface area contributed by atoms with E-state index >= 15 is 0 Å². The SMILES string of the molecule is COCC(=O)N1CCN(Cc2ccc(OCCCN3C(=O)NC(C)(C)C3=O)cc2)C[C@](O)(COc2ccc(F)c(F)c2)C1. The first kappa shape index (κ1) is 32.1. The number of amides is 4. The van der Waals surface area contributed by atoms with Crippen molar-refractivity contribution >= 4 is 17.8 Å². The summed E-state index contributed by atoms with van der Waals surface area (Å²) in [5.41, 5.74) is -1.46. The number of β-amino-alcohol motifs (C(OH)–C–C–N with tert-alkyl or cyclic N) is 1. The molecule has 13 heteroatoms. The van der Waals surface area contributed by atoms with E-state index < -0.39 is 28.8 Å². The Morgan fingerprint density at radius 1 is 1.00 bits per heavy atom. The average Bonchev–Trinajstić information content (AvgIpc) is 3.06. The number of aliphatic hydroxyl groups is 1. The fraction of sp³-hybridized carbons (Fsp3) is 0.500. The summed E-state index contributed by atoms with van der Waals surface area (Å²) >= 11 is 0. The van der Waals surface area contributed by atoms with Crippen LogP contribution in [0.1, 0.15) is 25.8 Å². The number of hydrogen-bond donors (Lipinski definition) is 2. The standard InChI is InChI=1S/C30H38F2N4O7/c1-29(2)27(38)36(28(39)33-29)11-4-14-42-22-7-5-21(6-8-22)16-34-12-13-35(26(37)17-41-3)19-30(40,18-34)20-43-23-9-10-24(31)25(32)15-23/h5-10,15,40H,4,11-14,16-20H2,1-3H3,(H,33,39)/t30-/m1/s1. The minimum Gasteiger partial charge on any atom is -0.494 e. The van der Waals surface area contributed by atoms with E-state index in [0.29, 0.717) is 38.4 Å². The zero-order chi connectivity index (χ0) is 31.2. The largest absolute Gasteiger partial charge is 0.494 e. The molecule has 2 aliphatic rings. The number of nitrogens with one attached hydrogen (secondary N) is 1. The Kier molecular flexibility index (Phi) is 10.2. The van der Waals surface area contributed by atoms with Crippen molar-refractivity contribution in [2.24, 2.45) is 0 Å². The number of rotatable bonds is 12. The van der Waals surface area contributed by atoms with Gasteiger partial charge in [0.15, 0.2) is 11.6 Å². The highest BCUT2D eigenvalue weighted by molar-refractivity contribution is 6.06. The lowest BCUT2D eigenvalue weighted by atomic mass is 10.0. The van der Waals surface area contributed by atoms with Gasteiger partial charge in [-0.15, -0.1) is 0 Å². The predicted octanol–water partition coefficient (Wildman–Crippen LogP) is 2.16. The van der Waals surface area contributed by atoms with Crippen LogP contribution >= 0.6 is 0 Å². The van der Waals surface area contributed by atoms with Gasteiger partial charge in [-0.25, -0.2) is 13.6 Å². The molecule has 1 atom stereocenters. The van der Waals surface area contributed by atoms with Gasteiger partial charge in [-0.2, -0.15) is 0 Å². The highest BCUT2D eigenvalue weighted by Crippen LogP contribution is 2.22. The highest BCUT2D eigenvalue weighted by Gasteiger charge is 2.43. The summed E-state index contributed by atoms with van der Waals surface area (Å²) in [6.07, 6.45) is 0.480. The van der Waals surface area contributed by atoms with Gasteiger partial charge in [0.2, 0.25) is 5.91 Å². The van der Waals surface area contributed by atoms with Crippen LogP contribution in [0.5, 0.6) is 11.5 Å². The average molecular weight is 605 g/mol. The molecule has 43 heavy (non-hydrogen) atoms. The molecule has 2 fully saturated rings. The molecule has 2 aliphatic heterocycles. The topological polar surface area (TPSA) is 121 Å². The van der Waals surface area contributed by atoms with Crippen LogP contribution < -0.4 is 14.8 Å². The molecule has 0 aliphatic carbocycles. The molecule has 2 aromatic carbocycles. The maximum Gasteiger partial charge on any atom is 0.325 e. The number of imide groups is 1. The Labute approximate surface area is 249 Å². The Bertz CT molecular complexity index is 1310. The van der Waals surface area contributed by atoms with Crippen molar-refractivity contribution in [2.45, 2.75) is 38.0 Å². The number of urea groups is 1. The van der Waals surface area contributed by atoms with E-state index in [4.69, 9.17) is 14.2 Å². The lowest BCUT2D eigenvalue weighted by Gasteiger charge is -2.33. The van der Waals surface area contributed by atoms with Crippen LogP contribution in [0, 0.1) is 11.6 Å². The molecule has 2 heterocycles. The first-order valence-corrected chi connectivity index (χ1v) is 14.0. The highest BCUT2D eigenvalue weighted by atomic mass is 19.2. The van der Waals surface area contributed by atoms with Crippen molar-refractivity contribution in [1.82, 2.24) is 20.0 Å². The van der Waals surface area contributed by atoms with Gasteiger partial charge in [0.1, 0.15) is 35.9 Å². The number of carbonyl (C=O) groups is 3. The van der Waals surface area contributed by atoms with Crippen LogP contribution in [0.3, 0.4) is 0 Å². The van der Waals surface area contributed by atoms with Gasteiger partial charge in [-0.3, -0.25) is 19.4 Å². The fourth-order valence-corrected chi connectivity index (χ4v) is 5.06. The van der Waals surface area contributed by atoms with Crippen molar-refractivity contribution in [2.75, 3.05) is 59.7 Å². The number of nitrogens with zero attached hydrogens (tertiary/aromatic N) is 3. The van der Waals surface area contributed by atoms with Crippen LogP contribution in [-0.2, 0) is 20.9 Å². The summed E-state index contributed by atoms with van der Waals surface area (Å²) in [7, 11) is 1.42. The van der Waals surface area contributed by atoms with E-state index in [9.17, 15) is 28.3 Å². The monoisotopic (exact) mass is 604 g/mol. The Morgan fingerprint density at radius 3 is 2.37 bits per heavy atom. The van der Waals surface area contributed by atoms with Crippen molar-refractivity contribution in [1.29, 1.82) is 0 Å². The number of benzene rings is 2.